The number of alkyl halides is 3. The number of aromatic nitrogens is 3. The van der Waals surface area contributed by atoms with Crippen LogP contribution in [0, 0.1) is 5.82 Å². The maximum atomic E-state index is 14.5. The van der Waals surface area contributed by atoms with Crippen LogP contribution in [0.25, 0.3) is 11.0 Å². The molecule has 0 aliphatic heterocycles. The SMILES string of the molecule is O=C(Cc1ccc(Oc2ccc3nccnc3c2)cc1F)c1ccnc(C(F)(F)F)c1. The summed E-state index contributed by atoms with van der Waals surface area (Å²) in [4.78, 5) is 23.9. The third-order valence-corrected chi connectivity index (χ3v) is 4.42. The van der Waals surface area contributed by atoms with Crippen molar-refractivity contribution in [3.8, 4) is 11.5 Å². The lowest BCUT2D eigenvalue weighted by molar-refractivity contribution is -0.141. The molecule has 9 heteroatoms. The van der Waals surface area contributed by atoms with Gasteiger partial charge in [-0.3, -0.25) is 19.7 Å². The highest BCUT2D eigenvalue weighted by molar-refractivity contribution is 5.97. The number of hydrogen-bond donors (Lipinski definition) is 0. The van der Waals surface area contributed by atoms with Gasteiger partial charge in [-0.15, -0.1) is 0 Å². The van der Waals surface area contributed by atoms with Gasteiger partial charge in [0.2, 0.25) is 0 Å². The summed E-state index contributed by atoms with van der Waals surface area (Å²) in [5, 5.41) is 0. The Labute approximate surface area is 173 Å². The van der Waals surface area contributed by atoms with Crippen LogP contribution in [0.5, 0.6) is 11.5 Å². The lowest BCUT2D eigenvalue weighted by Crippen LogP contribution is -2.11. The van der Waals surface area contributed by atoms with Gasteiger partial charge in [0.25, 0.3) is 0 Å². The number of hydrogen-bond acceptors (Lipinski definition) is 5. The lowest BCUT2D eigenvalue weighted by atomic mass is 10.0. The van der Waals surface area contributed by atoms with Crippen LogP contribution in [-0.4, -0.2) is 20.7 Å². The van der Waals surface area contributed by atoms with E-state index >= 15 is 0 Å². The van der Waals surface area contributed by atoms with Crippen molar-refractivity contribution in [3.63, 3.8) is 0 Å². The Kier molecular flexibility index (Phi) is 5.33. The normalized spacial score (nSPS) is 11.5. The minimum Gasteiger partial charge on any atom is -0.457 e. The zero-order valence-corrected chi connectivity index (χ0v) is 15.7. The quantitative estimate of drug-likeness (QED) is 0.315. The van der Waals surface area contributed by atoms with Crippen LogP contribution in [0.4, 0.5) is 17.6 Å². The number of Topliss-reactive ketones (excluding diaryl/α,β-unsaturated/α-hetero) is 1. The molecule has 2 heterocycles. The molecule has 0 bridgehead atoms. The van der Waals surface area contributed by atoms with Crippen molar-refractivity contribution in [2.45, 2.75) is 12.6 Å². The van der Waals surface area contributed by atoms with E-state index in [1.165, 1.54) is 18.3 Å². The second kappa shape index (κ2) is 8.10. The first kappa shape index (κ1) is 20.4. The number of benzene rings is 2. The summed E-state index contributed by atoms with van der Waals surface area (Å²) >= 11 is 0. The van der Waals surface area contributed by atoms with Gasteiger partial charge in [-0.2, -0.15) is 13.2 Å². The molecule has 0 saturated heterocycles. The molecule has 0 fully saturated rings. The molecule has 0 amide bonds. The second-order valence-electron chi connectivity index (χ2n) is 6.59. The summed E-state index contributed by atoms with van der Waals surface area (Å²) in [5.41, 5.74) is -0.0491. The summed E-state index contributed by atoms with van der Waals surface area (Å²) in [6.07, 6.45) is -1.07. The van der Waals surface area contributed by atoms with Gasteiger partial charge in [-0.25, -0.2) is 4.39 Å². The van der Waals surface area contributed by atoms with E-state index in [9.17, 15) is 22.4 Å². The third kappa shape index (κ3) is 4.66. The molecular weight excluding hydrogens is 414 g/mol. The first-order valence-corrected chi connectivity index (χ1v) is 9.03. The number of carbonyl (C=O) groups excluding carboxylic acids is 1. The van der Waals surface area contributed by atoms with E-state index in [-0.39, 0.29) is 16.9 Å². The molecule has 4 rings (SSSR count). The van der Waals surface area contributed by atoms with E-state index in [2.05, 4.69) is 15.0 Å². The fraction of sp³-hybridized carbons (Fsp3) is 0.0909. The Bertz CT molecular complexity index is 1280. The van der Waals surface area contributed by atoms with Crippen LogP contribution in [0.1, 0.15) is 21.6 Å². The Morgan fingerprint density at radius 2 is 1.55 bits per heavy atom. The van der Waals surface area contributed by atoms with Gasteiger partial charge in [0.15, 0.2) is 5.78 Å². The van der Waals surface area contributed by atoms with E-state index in [1.807, 2.05) is 0 Å². The molecule has 156 valence electrons. The molecule has 0 atom stereocenters. The largest absolute Gasteiger partial charge is 0.457 e. The van der Waals surface area contributed by atoms with E-state index in [0.29, 0.717) is 22.8 Å². The monoisotopic (exact) mass is 427 g/mol. The van der Waals surface area contributed by atoms with Gasteiger partial charge in [-0.1, -0.05) is 6.07 Å². The van der Waals surface area contributed by atoms with Gasteiger partial charge in [0.1, 0.15) is 23.0 Å². The Morgan fingerprint density at radius 3 is 2.29 bits per heavy atom. The van der Waals surface area contributed by atoms with Crippen LogP contribution in [0.3, 0.4) is 0 Å². The second-order valence-corrected chi connectivity index (χ2v) is 6.59. The van der Waals surface area contributed by atoms with Crippen molar-refractivity contribution in [1.82, 2.24) is 15.0 Å². The Morgan fingerprint density at radius 1 is 0.839 bits per heavy atom. The van der Waals surface area contributed by atoms with Crippen LogP contribution < -0.4 is 4.74 Å². The van der Waals surface area contributed by atoms with E-state index in [1.54, 1.807) is 24.4 Å². The minimum atomic E-state index is -4.67. The molecule has 31 heavy (non-hydrogen) atoms. The minimum absolute atomic E-state index is 0.0344. The predicted octanol–water partition coefficient (Wildman–Crippen LogP) is 5.40. The maximum Gasteiger partial charge on any atom is 0.433 e. The molecule has 0 spiro atoms. The zero-order valence-electron chi connectivity index (χ0n) is 15.7. The van der Waals surface area contributed by atoms with Crippen LogP contribution in [0.15, 0.2) is 67.1 Å². The molecule has 0 saturated carbocycles. The van der Waals surface area contributed by atoms with Gasteiger partial charge < -0.3 is 4.74 Å². The number of nitrogens with zero attached hydrogens (tertiary/aromatic N) is 3. The molecule has 0 aliphatic carbocycles. The van der Waals surface area contributed by atoms with Gasteiger partial charge in [0, 0.05) is 42.7 Å². The number of fused-ring (bicyclic) bond motifs is 1. The Hall–Kier alpha value is -3.88. The van der Waals surface area contributed by atoms with Crippen LogP contribution in [-0.2, 0) is 12.6 Å². The number of pyridine rings is 1. The van der Waals surface area contributed by atoms with Gasteiger partial charge >= 0.3 is 6.18 Å². The highest BCUT2D eigenvalue weighted by Crippen LogP contribution is 2.29. The molecule has 2 aromatic carbocycles. The van der Waals surface area contributed by atoms with E-state index < -0.39 is 29.9 Å². The molecule has 0 radical (unpaired) electrons. The highest BCUT2D eigenvalue weighted by Gasteiger charge is 2.33. The highest BCUT2D eigenvalue weighted by atomic mass is 19.4. The summed E-state index contributed by atoms with van der Waals surface area (Å²) in [5.74, 6) is -0.752. The molecule has 2 aromatic heterocycles. The summed E-state index contributed by atoms with van der Waals surface area (Å²) in [6.45, 7) is 0. The van der Waals surface area contributed by atoms with E-state index in [0.717, 1.165) is 18.3 Å². The predicted molar refractivity (Wildman–Crippen MR) is 103 cm³/mol. The van der Waals surface area contributed by atoms with Crippen molar-refractivity contribution in [2.24, 2.45) is 0 Å². The number of ketones is 1. The maximum absolute atomic E-state index is 14.5. The number of ether oxygens (including phenoxy) is 1. The standard InChI is InChI=1S/C22H13F4N3O2/c23-17-11-15(31-16-3-4-18-19(12-16)28-8-7-27-18)2-1-13(17)9-20(30)14-5-6-29-21(10-14)22(24,25)26/h1-8,10-12H,9H2. The molecular formula is C22H13F4N3O2. The van der Waals surface area contributed by atoms with Crippen LogP contribution in [0.2, 0.25) is 0 Å². The Balaban J connectivity index is 1.50. The number of halogens is 4. The van der Waals surface area contributed by atoms with Gasteiger partial charge in [0.05, 0.1) is 11.0 Å². The molecule has 0 N–H and O–H groups in total. The van der Waals surface area contributed by atoms with Gasteiger partial charge in [-0.05, 0) is 35.9 Å². The number of rotatable bonds is 5. The van der Waals surface area contributed by atoms with E-state index in [4.69, 9.17) is 4.74 Å². The fourth-order valence-electron chi connectivity index (χ4n) is 2.91. The van der Waals surface area contributed by atoms with Crippen molar-refractivity contribution >= 4 is 16.8 Å². The first-order chi connectivity index (χ1) is 14.8. The summed E-state index contributed by atoms with van der Waals surface area (Å²) < 4.78 is 58.5. The van der Waals surface area contributed by atoms with Crippen molar-refractivity contribution in [1.29, 1.82) is 0 Å². The third-order valence-electron chi connectivity index (χ3n) is 4.42. The van der Waals surface area contributed by atoms with Crippen molar-refractivity contribution in [3.05, 3.63) is 89.8 Å². The first-order valence-electron chi connectivity index (χ1n) is 9.03. The molecule has 0 unspecified atom stereocenters. The van der Waals surface area contributed by atoms with Crippen molar-refractivity contribution < 1.29 is 27.1 Å². The summed E-state index contributed by atoms with van der Waals surface area (Å²) in [6, 6.07) is 10.8. The fourth-order valence-corrected chi connectivity index (χ4v) is 2.91. The average Bonchev–Trinajstić information content (AvgIpc) is 2.75. The summed E-state index contributed by atoms with van der Waals surface area (Å²) in [7, 11) is 0. The topological polar surface area (TPSA) is 65.0 Å². The molecule has 0 aliphatic rings. The zero-order chi connectivity index (χ0) is 22.0. The molecule has 5 nitrogen and oxygen atoms in total. The lowest BCUT2D eigenvalue weighted by Gasteiger charge is -2.09. The van der Waals surface area contributed by atoms with Crippen molar-refractivity contribution in [2.75, 3.05) is 0 Å². The van der Waals surface area contributed by atoms with Crippen LogP contribution >= 0.6 is 0 Å². The smallest absolute Gasteiger partial charge is 0.433 e. The number of carbonyl (C=O) groups is 1. The molecule has 4 aromatic rings. The average molecular weight is 427 g/mol.